The smallest absolute Gasteiger partial charge is 0.261 e. The van der Waals surface area contributed by atoms with E-state index in [-0.39, 0.29) is 22.8 Å². The van der Waals surface area contributed by atoms with Gasteiger partial charge in [0, 0.05) is 0 Å². The third-order valence-corrected chi connectivity index (χ3v) is 8.11. The Hall–Kier alpha value is -3.17. The van der Waals surface area contributed by atoms with Gasteiger partial charge in [0.1, 0.15) is 17.0 Å². The fraction of sp³-hybridized carbons (Fsp3) is 0.217. The summed E-state index contributed by atoms with van der Waals surface area (Å²) in [5.41, 5.74) is 1.76. The second-order valence-corrected chi connectivity index (χ2v) is 10.4. The van der Waals surface area contributed by atoms with Gasteiger partial charge in [0.15, 0.2) is 15.0 Å². The van der Waals surface area contributed by atoms with Gasteiger partial charge in [-0.2, -0.15) is 0 Å². The van der Waals surface area contributed by atoms with E-state index in [1.165, 1.54) is 34.6 Å². The summed E-state index contributed by atoms with van der Waals surface area (Å²) in [5.74, 6) is 0.585. The van der Waals surface area contributed by atoms with Crippen LogP contribution in [0.5, 0.6) is 5.75 Å². The Morgan fingerprint density at radius 3 is 2.62 bits per heavy atom. The van der Waals surface area contributed by atoms with E-state index < -0.39 is 15.7 Å². The maximum absolute atomic E-state index is 13.7. The Balaban J connectivity index is 1.88. The summed E-state index contributed by atoms with van der Waals surface area (Å²) in [6, 6.07) is 13.5. The van der Waals surface area contributed by atoms with E-state index in [0.717, 1.165) is 10.3 Å². The van der Waals surface area contributed by atoms with Crippen molar-refractivity contribution in [2.75, 3.05) is 17.8 Å². The quantitative estimate of drug-likeness (QED) is 0.384. The standard InChI is InChI=1S/C23H22N2O5S2/c1-4-32(27,28)19-10-6-5-9-17(19)22(26)25(14-16-8-7-13-30-16)23-24-20-18(29-3)12-11-15(2)21(20)31-23/h5-13H,4,14H2,1-3H3. The SMILES string of the molecule is CCS(=O)(=O)c1ccccc1C(=O)N(Cc1ccco1)c1nc2c(OC)ccc(C)c2s1. The number of hydrogen-bond acceptors (Lipinski definition) is 7. The number of furan rings is 1. The van der Waals surface area contributed by atoms with Crippen molar-refractivity contribution in [1.82, 2.24) is 4.98 Å². The van der Waals surface area contributed by atoms with Gasteiger partial charge in [0.05, 0.1) is 40.8 Å². The Kier molecular flexibility index (Phi) is 6.03. The first-order valence-electron chi connectivity index (χ1n) is 9.96. The zero-order chi connectivity index (χ0) is 22.9. The van der Waals surface area contributed by atoms with Crippen LogP contribution in [0.15, 0.2) is 64.1 Å². The highest BCUT2D eigenvalue weighted by Gasteiger charge is 2.28. The van der Waals surface area contributed by atoms with Crippen LogP contribution in [0.3, 0.4) is 0 Å². The number of amides is 1. The molecule has 2 heterocycles. The van der Waals surface area contributed by atoms with Crippen LogP contribution in [0, 0.1) is 6.92 Å². The molecule has 9 heteroatoms. The molecule has 0 fully saturated rings. The highest BCUT2D eigenvalue weighted by atomic mass is 32.2. The molecule has 166 valence electrons. The molecule has 0 bridgehead atoms. The molecule has 0 unspecified atom stereocenters. The van der Waals surface area contributed by atoms with Crippen molar-refractivity contribution in [2.45, 2.75) is 25.3 Å². The van der Waals surface area contributed by atoms with Crippen molar-refractivity contribution in [2.24, 2.45) is 0 Å². The van der Waals surface area contributed by atoms with Crippen molar-refractivity contribution in [1.29, 1.82) is 0 Å². The molecule has 4 aromatic rings. The Morgan fingerprint density at radius 2 is 1.94 bits per heavy atom. The number of carbonyl (C=O) groups excluding carboxylic acids is 1. The molecule has 0 saturated carbocycles. The molecule has 0 aliphatic rings. The summed E-state index contributed by atoms with van der Waals surface area (Å²) in [6.07, 6.45) is 1.53. The fourth-order valence-electron chi connectivity index (χ4n) is 3.38. The molecule has 0 atom stereocenters. The molecule has 2 aromatic heterocycles. The lowest BCUT2D eigenvalue weighted by atomic mass is 10.2. The largest absolute Gasteiger partial charge is 0.494 e. The summed E-state index contributed by atoms with van der Waals surface area (Å²) in [5, 5.41) is 0.428. The van der Waals surface area contributed by atoms with Crippen LogP contribution in [-0.4, -0.2) is 32.2 Å². The minimum atomic E-state index is -3.60. The van der Waals surface area contributed by atoms with Gasteiger partial charge in [-0.3, -0.25) is 9.69 Å². The van der Waals surface area contributed by atoms with Crippen LogP contribution >= 0.6 is 11.3 Å². The average molecular weight is 471 g/mol. The Morgan fingerprint density at radius 1 is 1.16 bits per heavy atom. The van der Waals surface area contributed by atoms with Crippen molar-refractivity contribution in [3.8, 4) is 5.75 Å². The van der Waals surface area contributed by atoms with Crippen molar-refractivity contribution in [3.05, 3.63) is 71.7 Å². The molecule has 4 rings (SSSR count). The van der Waals surface area contributed by atoms with E-state index in [2.05, 4.69) is 0 Å². The van der Waals surface area contributed by atoms with Gasteiger partial charge in [-0.05, 0) is 42.8 Å². The summed E-state index contributed by atoms with van der Waals surface area (Å²) in [6.45, 7) is 3.62. The van der Waals surface area contributed by atoms with Gasteiger partial charge in [-0.25, -0.2) is 13.4 Å². The first-order valence-corrected chi connectivity index (χ1v) is 12.4. The van der Waals surface area contributed by atoms with Crippen LogP contribution in [0.2, 0.25) is 0 Å². The average Bonchev–Trinajstić information content (AvgIpc) is 3.48. The number of hydrogen-bond donors (Lipinski definition) is 0. The van der Waals surface area contributed by atoms with E-state index in [4.69, 9.17) is 14.1 Å². The monoisotopic (exact) mass is 470 g/mol. The van der Waals surface area contributed by atoms with Crippen molar-refractivity contribution in [3.63, 3.8) is 0 Å². The molecule has 2 aromatic carbocycles. The predicted octanol–water partition coefficient (Wildman–Crippen LogP) is 4.85. The van der Waals surface area contributed by atoms with E-state index in [9.17, 15) is 13.2 Å². The summed E-state index contributed by atoms with van der Waals surface area (Å²) in [7, 11) is -2.03. The molecule has 0 N–H and O–H groups in total. The summed E-state index contributed by atoms with van der Waals surface area (Å²) in [4.78, 5) is 19.9. The van der Waals surface area contributed by atoms with Crippen LogP contribution in [0.1, 0.15) is 28.6 Å². The number of nitrogens with zero attached hydrogens (tertiary/aromatic N) is 2. The van der Waals surface area contributed by atoms with E-state index in [0.29, 0.717) is 22.2 Å². The van der Waals surface area contributed by atoms with Crippen molar-refractivity contribution < 1.29 is 22.4 Å². The van der Waals surface area contributed by atoms with Gasteiger partial charge in [0.25, 0.3) is 5.91 Å². The topological polar surface area (TPSA) is 89.7 Å². The molecular formula is C23H22N2O5S2. The molecule has 0 aliphatic heterocycles. The number of methoxy groups -OCH3 is 1. The lowest BCUT2D eigenvalue weighted by molar-refractivity contribution is 0.0980. The van der Waals surface area contributed by atoms with E-state index >= 15 is 0 Å². The Bertz CT molecular complexity index is 1370. The number of anilines is 1. The van der Waals surface area contributed by atoms with Crippen LogP contribution in [0.25, 0.3) is 10.2 Å². The molecule has 0 spiro atoms. The van der Waals surface area contributed by atoms with Gasteiger partial charge in [-0.1, -0.05) is 36.5 Å². The van der Waals surface area contributed by atoms with E-state index in [1.54, 1.807) is 38.3 Å². The second kappa shape index (κ2) is 8.76. The number of carbonyl (C=O) groups is 1. The van der Waals surface area contributed by atoms with E-state index in [1.807, 2.05) is 19.1 Å². The first-order chi connectivity index (χ1) is 15.4. The highest BCUT2D eigenvalue weighted by Crippen LogP contribution is 2.37. The van der Waals surface area contributed by atoms with Gasteiger partial charge in [0.2, 0.25) is 0 Å². The second-order valence-electron chi connectivity index (χ2n) is 7.13. The van der Waals surface area contributed by atoms with Crippen LogP contribution < -0.4 is 9.64 Å². The number of benzene rings is 2. The number of aromatic nitrogens is 1. The number of thiazole rings is 1. The third-order valence-electron chi connectivity index (χ3n) is 5.11. The van der Waals surface area contributed by atoms with Gasteiger partial charge in [-0.15, -0.1) is 0 Å². The molecule has 0 aliphatic carbocycles. The minimum absolute atomic E-state index is 0.00631. The maximum Gasteiger partial charge on any atom is 0.261 e. The number of fused-ring (bicyclic) bond motifs is 1. The molecule has 0 saturated heterocycles. The third kappa shape index (κ3) is 4.01. The molecule has 1 amide bonds. The van der Waals surface area contributed by atoms with Gasteiger partial charge >= 0.3 is 0 Å². The lowest BCUT2D eigenvalue weighted by Gasteiger charge is -2.20. The molecule has 0 radical (unpaired) electrons. The minimum Gasteiger partial charge on any atom is -0.494 e. The lowest BCUT2D eigenvalue weighted by Crippen LogP contribution is -2.31. The highest BCUT2D eigenvalue weighted by molar-refractivity contribution is 7.91. The maximum atomic E-state index is 13.7. The normalized spacial score (nSPS) is 11.6. The predicted molar refractivity (Wildman–Crippen MR) is 124 cm³/mol. The number of ether oxygens (including phenoxy) is 1. The zero-order valence-electron chi connectivity index (χ0n) is 17.9. The molecule has 7 nitrogen and oxygen atoms in total. The Labute approximate surface area is 190 Å². The molecule has 32 heavy (non-hydrogen) atoms. The summed E-state index contributed by atoms with van der Waals surface area (Å²) < 4.78 is 37.1. The number of aryl methyl sites for hydroxylation is 1. The van der Waals surface area contributed by atoms with Crippen LogP contribution in [-0.2, 0) is 16.4 Å². The fourth-order valence-corrected chi connectivity index (χ4v) is 5.52. The molecular weight excluding hydrogens is 448 g/mol. The van der Waals surface area contributed by atoms with Crippen LogP contribution in [0.4, 0.5) is 5.13 Å². The number of rotatable bonds is 7. The zero-order valence-corrected chi connectivity index (χ0v) is 19.5. The van der Waals surface area contributed by atoms with Gasteiger partial charge < -0.3 is 9.15 Å². The number of sulfone groups is 1. The first kappa shape index (κ1) is 22.0. The van der Waals surface area contributed by atoms with Crippen molar-refractivity contribution >= 4 is 42.4 Å². The summed E-state index contributed by atoms with van der Waals surface area (Å²) >= 11 is 1.35.